The van der Waals surface area contributed by atoms with Crippen LogP contribution in [0.4, 0.5) is 11.4 Å². The first-order valence-corrected chi connectivity index (χ1v) is 8.06. The summed E-state index contributed by atoms with van der Waals surface area (Å²) in [5, 5.41) is 41.2. The minimum Gasteiger partial charge on any atom is -0.485 e. The predicted molar refractivity (Wildman–Crippen MR) is 100 cm³/mol. The van der Waals surface area contributed by atoms with E-state index in [2.05, 4.69) is 0 Å². The largest absolute Gasteiger partial charge is 0.485 e. The molecule has 0 bridgehead atoms. The summed E-state index contributed by atoms with van der Waals surface area (Å²) < 4.78 is 10.3. The van der Waals surface area contributed by atoms with E-state index in [1.54, 1.807) is 30.3 Å². The van der Waals surface area contributed by atoms with Crippen molar-refractivity contribution in [2.24, 2.45) is 0 Å². The summed E-state index contributed by atoms with van der Waals surface area (Å²) in [6, 6.07) is 9.30. The summed E-state index contributed by atoms with van der Waals surface area (Å²) in [6.45, 7) is -0.156. The summed E-state index contributed by atoms with van der Waals surface area (Å²) >= 11 is 0. The van der Waals surface area contributed by atoms with Crippen LogP contribution in [-0.2, 0) is 16.2 Å². The number of nitrogens with zero attached hydrogens (tertiary/aromatic N) is 2. The van der Waals surface area contributed by atoms with Gasteiger partial charge < -0.3 is 19.7 Å². The molecule has 30 heavy (non-hydrogen) atoms. The van der Waals surface area contributed by atoms with Crippen molar-refractivity contribution in [1.29, 1.82) is 0 Å². The number of nitro groups is 2. The van der Waals surface area contributed by atoms with Crippen molar-refractivity contribution in [3.8, 4) is 11.5 Å². The summed E-state index contributed by atoms with van der Waals surface area (Å²) in [5.74, 6) is -4.99. The molecule has 0 fully saturated rings. The number of nitro benzene ring substituents is 2. The number of carboxylic acids is 2. The lowest BCUT2D eigenvalue weighted by Gasteiger charge is -2.12. The molecule has 0 radical (unpaired) electrons. The molecule has 12 nitrogen and oxygen atoms in total. The van der Waals surface area contributed by atoms with E-state index in [1.165, 1.54) is 0 Å². The van der Waals surface area contributed by atoms with Crippen LogP contribution in [0.5, 0.6) is 11.5 Å². The van der Waals surface area contributed by atoms with Gasteiger partial charge in [-0.2, -0.15) is 0 Å². The smallest absolute Gasteiger partial charge is 0.359 e. The highest BCUT2D eigenvalue weighted by atomic mass is 16.6. The number of rotatable bonds is 9. The van der Waals surface area contributed by atoms with Crippen LogP contribution in [0.3, 0.4) is 0 Å². The second-order valence-electron chi connectivity index (χ2n) is 5.65. The number of benzene rings is 2. The lowest BCUT2D eigenvalue weighted by atomic mass is 10.1. The lowest BCUT2D eigenvalue weighted by molar-refractivity contribution is -0.396. The van der Waals surface area contributed by atoms with E-state index in [9.17, 15) is 29.8 Å². The van der Waals surface area contributed by atoms with E-state index in [0.29, 0.717) is 11.6 Å². The molecule has 0 aliphatic rings. The Balaban J connectivity index is 2.75. The quantitative estimate of drug-likeness (QED) is 0.202. The van der Waals surface area contributed by atoms with E-state index in [4.69, 9.17) is 19.7 Å². The zero-order valence-corrected chi connectivity index (χ0v) is 15.3. The average Bonchev–Trinajstić information content (AvgIpc) is 2.69. The highest BCUT2D eigenvalue weighted by molar-refractivity contribution is 6.16. The van der Waals surface area contributed by atoms with Crippen molar-refractivity contribution in [3.63, 3.8) is 0 Å². The van der Waals surface area contributed by atoms with Gasteiger partial charge in [-0.15, -0.1) is 0 Å². The number of aliphatic carboxylic acids is 2. The van der Waals surface area contributed by atoms with Gasteiger partial charge in [0.2, 0.25) is 5.75 Å². The first kappa shape index (κ1) is 21.8. The molecular formula is C18H14N2O10. The molecule has 0 saturated heterocycles. The molecule has 0 aliphatic carbocycles. The first-order chi connectivity index (χ1) is 14.2. The maximum Gasteiger partial charge on any atom is 0.359 e. The average molecular weight is 418 g/mol. The highest BCUT2D eigenvalue weighted by Gasteiger charge is 2.35. The number of hydrogen-bond acceptors (Lipinski definition) is 8. The Hall–Kier alpha value is -4.48. The molecule has 0 unspecified atom stereocenters. The minimum absolute atomic E-state index is 0.156. The Morgan fingerprint density at radius 3 is 2.07 bits per heavy atom. The van der Waals surface area contributed by atoms with Crippen LogP contribution >= 0.6 is 0 Å². The van der Waals surface area contributed by atoms with Crippen molar-refractivity contribution in [2.75, 3.05) is 7.11 Å². The Bertz CT molecular complexity index is 1030. The Kier molecular flexibility index (Phi) is 6.65. The number of hydrogen-bond donors (Lipinski definition) is 2. The van der Waals surface area contributed by atoms with Crippen LogP contribution in [0.15, 0.2) is 42.0 Å². The lowest BCUT2D eigenvalue weighted by Crippen LogP contribution is -2.11. The number of carboxylic acid groups (broad SMARTS) is 2. The molecule has 0 aliphatic heterocycles. The highest BCUT2D eigenvalue weighted by Crippen LogP contribution is 2.46. The Morgan fingerprint density at radius 2 is 1.60 bits per heavy atom. The van der Waals surface area contributed by atoms with Crippen LogP contribution < -0.4 is 9.47 Å². The maximum atomic E-state index is 11.6. The molecule has 2 aromatic carbocycles. The minimum atomic E-state index is -1.86. The Morgan fingerprint density at radius 1 is 1.03 bits per heavy atom. The van der Waals surface area contributed by atoms with E-state index in [0.717, 1.165) is 13.2 Å². The summed E-state index contributed by atoms with van der Waals surface area (Å²) in [7, 11) is 0.944. The summed E-state index contributed by atoms with van der Waals surface area (Å²) in [5.41, 5.74) is -2.95. The van der Waals surface area contributed by atoms with Crippen molar-refractivity contribution in [2.45, 2.75) is 6.61 Å². The normalized spacial score (nSPS) is 10.0. The second-order valence-corrected chi connectivity index (χ2v) is 5.65. The maximum absolute atomic E-state index is 11.6. The molecule has 0 spiro atoms. The van der Waals surface area contributed by atoms with Crippen LogP contribution in [0, 0.1) is 20.2 Å². The van der Waals surface area contributed by atoms with Crippen molar-refractivity contribution in [3.05, 3.63) is 73.3 Å². The molecule has 0 heterocycles. The molecule has 0 atom stereocenters. The first-order valence-electron chi connectivity index (χ1n) is 8.06. The number of methoxy groups -OCH3 is 1. The fraction of sp³-hybridized carbons (Fsp3) is 0.111. The summed E-state index contributed by atoms with van der Waals surface area (Å²) in [4.78, 5) is 43.4. The topological polar surface area (TPSA) is 179 Å². The molecule has 2 N–H and O–H groups in total. The van der Waals surface area contributed by atoms with Gasteiger partial charge in [0.15, 0.2) is 0 Å². The van der Waals surface area contributed by atoms with Gasteiger partial charge in [-0.25, -0.2) is 9.59 Å². The molecule has 2 rings (SSSR count). The fourth-order valence-corrected chi connectivity index (χ4v) is 2.51. The number of carbonyl (C=O) groups is 2. The van der Waals surface area contributed by atoms with Crippen molar-refractivity contribution in [1.82, 2.24) is 0 Å². The molecule has 2 aromatic rings. The summed E-state index contributed by atoms with van der Waals surface area (Å²) in [6.07, 6.45) is 0.504. The molecule has 0 saturated carbocycles. The van der Waals surface area contributed by atoms with Gasteiger partial charge in [0.1, 0.15) is 12.2 Å². The van der Waals surface area contributed by atoms with Gasteiger partial charge in [-0.05, 0) is 11.6 Å². The zero-order chi connectivity index (χ0) is 22.4. The van der Waals surface area contributed by atoms with Gasteiger partial charge in [0, 0.05) is 6.07 Å². The van der Waals surface area contributed by atoms with Gasteiger partial charge >= 0.3 is 23.3 Å². The van der Waals surface area contributed by atoms with Gasteiger partial charge in [0.25, 0.3) is 5.75 Å². The standard InChI is InChI=1S/C18H14N2O10/c1-29-16-14(19(25)26)11(7-12(17(21)22)18(23)24)8-13(15(16)20(27)28)30-9-10-5-3-2-4-6-10/h2-8H,9H2,1H3,(H,21,22)(H,23,24). The molecule has 0 amide bonds. The van der Waals surface area contributed by atoms with Gasteiger partial charge in [-0.3, -0.25) is 20.2 Å². The van der Waals surface area contributed by atoms with Crippen LogP contribution in [-0.4, -0.2) is 39.1 Å². The van der Waals surface area contributed by atoms with Crippen molar-refractivity contribution >= 4 is 29.4 Å². The molecule has 156 valence electrons. The van der Waals surface area contributed by atoms with Crippen molar-refractivity contribution < 1.29 is 39.1 Å². The molecular weight excluding hydrogens is 404 g/mol. The van der Waals surface area contributed by atoms with Gasteiger partial charge in [-0.1, -0.05) is 30.3 Å². The third kappa shape index (κ3) is 4.67. The van der Waals surface area contributed by atoms with Crippen LogP contribution in [0.25, 0.3) is 6.08 Å². The predicted octanol–water partition coefficient (Wildman–Crippen LogP) is 2.64. The fourth-order valence-electron chi connectivity index (χ4n) is 2.51. The van der Waals surface area contributed by atoms with Crippen LogP contribution in [0.1, 0.15) is 11.1 Å². The van der Waals surface area contributed by atoms with Gasteiger partial charge in [0.05, 0.1) is 22.5 Å². The number of ether oxygens (including phenoxy) is 2. The van der Waals surface area contributed by atoms with Crippen LogP contribution in [0.2, 0.25) is 0 Å². The Labute approximate surface area is 167 Å². The van der Waals surface area contributed by atoms with E-state index < -0.39 is 55.8 Å². The zero-order valence-electron chi connectivity index (χ0n) is 15.3. The monoisotopic (exact) mass is 418 g/mol. The third-order valence-electron chi connectivity index (χ3n) is 3.79. The molecule has 0 aromatic heterocycles. The third-order valence-corrected chi connectivity index (χ3v) is 3.79. The second kappa shape index (κ2) is 9.14. The SMILES string of the molecule is COc1c([N+](=O)[O-])c(C=C(C(=O)O)C(=O)O)cc(OCc2ccccc2)c1[N+](=O)[O-]. The molecule has 12 heteroatoms. The van der Waals surface area contributed by atoms with E-state index >= 15 is 0 Å². The van der Waals surface area contributed by atoms with E-state index in [-0.39, 0.29) is 6.61 Å². The van der Waals surface area contributed by atoms with E-state index in [1.807, 2.05) is 0 Å².